The van der Waals surface area contributed by atoms with Crippen molar-refractivity contribution in [1.29, 1.82) is 0 Å². The number of rotatable bonds is 3. The minimum atomic E-state index is -0.376. The van der Waals surface area contributed by atoms with Gasteiger partial charge in [0.25, 0.3) is 0 Å². The van der Waals surface area contributed by atoms with Crippen molar-refractivity contribution in [3.8, 4) is 0 Å². The van der Waals surface area contributed by atoms with Crippen LogP contribution in [0.15, 0.2) is 36.7 Å². The molecule has 5 heteroatoms. The van der Waals surface area contributed by atoms with Crippen molar-refractivity contribution < 1.29 is 5.11 Å². The highest BCUT2D eigenvalue weighted by Gasteiger charge is 2.28. The van der Waals surface area contributed by atoms with Gasteiger partial charge in [0.2, 0.25) is 0 Å². The molecule has 0 radical (unpaired) electrons. The van der Waals surface area contributed by atoms with Crippen LogP contribution in [-0.2, 0) is 0 Å². The van der Waals surface area contributed by atoms with Gasteiger partial charge in [-0.15, -0.1) is 11.3 Å². The SMILES string of the molecule is Cc1sc2ncnc(N3CCC([C@@H](O)c4ccccc4)CC3)c2c1C. The largest absolute Gasteiger partial charge is 0.388 e. The Morgan fingerprint density at radius 1 is 1.12 bits per heavy atom. The lowest BCUT2D eigenvalue weighted by molar-refractivity contribution is 0.0929. The number of anilines is 1. The van der Waals surface area contributed by atoms with Crippen LogP contribution < -0.4 is 4.90 Å². The zero-order valence-corrected chi connectivity index (χ0v) is 15.5. The van der Waals surface area contributed by atoms with Crippen molar-refractivity contribution in [2.24, 2.45) is 5.92 Å². The number of piperidine rings is 1. The Morgan fingerprint density at radius 2 is 1.84 bits per heavy atom. The van der Waals surface area contributed by atoms with E-state index in [9.17, 15) is 5.11 Å². The highest BCUT2D eigenvalue weighted by atomic mass is 32.1. The predicted molar refractivity (Wildman–Crippen MR) is 103 cm³/mol. The Balaban J connectivity index is 1.53. The number of aliphatic hydroxyl groups is 1. The van der Waals surface area contributed by atoms with Crippen molar-refractivity contribution in [3.63, 3.8) is 0 Å². The number of fused-ring (bicyclic) bond motifs is 1. The molecule has 0 unspecified atom stereocenters. The summed E-state index contributed by atoms with van der Waals surface area (Å²) in [4.78, 5) is 13.8. The number of aromatic nitrogens is 2. The molecule has 0 bridgehead atoms. The minimum absolute atomic E-state index is 0.307. The lowest BCUT2D eigenvalue weighted by Crippen LogP contribution is -2.36. The molecule has 4 nitrogen and oxygen atoms in total. The van der Waals surface area contributed by atoms with E-state index in [0.717, 1.165) is 42.1 Å². The Bertz CT molecular complexity index is 869. The standard InChI is InChI=1S/C20H23N3OS/c1-13-14(2)25-20-17(13)19(21-12-22-20)23-10-8-16(9-11-23)18(24)15-6-4-3-5-7-15/h3-7,12,16,18,24H,8-11H2,1-2H3/t18-/m0/s1. The fourth-order valence-electron chi connectivity index (χ4n) is 3.75. The first-order valence-corrected chi connectivity index (χ1v) is 9.65. The van der Waals surface area contributed by atoms with Crippen molar-refractivity contribution in [2.75, 3.05) is 18.0 Å². The maximum absolute atomic E-state index is 10.7. The van der Waals surface area contributed by atoms with Crippen LogP contribution in [0.25, 0.3) is 10.2 Å². The second-order valence-electron chi connectivity index (χ2n) is 6.84. The Morgan fingerprint density at radius 3 is 2.56 bits per heavy atom. The number of benzene rings is 1. The van der Waals surface area contributed by atoms with Gasteiger partial charge < -0.3 is 10.0 Å². The zero-order chi connectivity index (χ0) is 17.4. The molecule has 3 aromatic rings. The molecule has 1 saturated heterocycles. The molecule has 1 aromatic carbocycles. The van der Waals surface area contributed by atoms with E-state index in [1.165, 1.54) is 15.8 Å². The summed E-state index contributed by atoms with van der Waals surface area (Å²) in [5.41, 5.74) is 2.32. The van der Waals surface area contributed by atoms with E-state index in [1.807, 2.05) is 30.3 Å². The summed E-state index contributed by atoms with van der Waals surface area (Å²) in [6.07, 6.45) is 3.25. The molecule has 3 heterocycles. The molecular formula is C20H23N3OS. The normalized spacial score (nSPS) is 17.2. The van der Waals surface area contributed by atoms with Crippen molar-refractivity contribution >= 4 is 27.4 Å². The number of hydrogen-bond acceptors (Lipinski definition) is 5. The molecule has 2 aromatic heterocycles. The second-order valence-corrected chi connectivity index (χ2v) is 8.04. The Hall–Kier alpha value is -1.98. The lowest BCUT2D eigenvalue weighted by atomic mass is 9.87. The molecule has 25 heavy (non-hydrogen) atoms. The van der Waals surface area contributed by atoms with Crippen LogP contribution in [0, 0.1) is 19.8 Å². The molecule has 1 aliphatic rings. The summed E-state index contributed by atoms with van der Waals surface area (Å²) >= 11 is 1.74. The number of hydrogen-bond donors (Lipinski definition) is 1. The first kappa shape index (κ1) is 16.5. The quantitative estimate of drug-likeness (QED) is 0.764. The maximum atomic E-state index is 10.7. The third-order valence-electron chi connectivity index (χ3n) is 5.37. The van der Waals surface area contributed by atoms with Crippen molar-refractivity contribution in [3.05, 3.63) is 52.7 Å². The molecule has 0 saturated carbocycles. The molecule has 4 rings (SSSR count). The van der Waals surface area contributed by atoms with Crippen LogP contribution in [0.4, 0.5) is 5.82 Å². The number of thiophene rings is 1. The fraction of sp³-hybridized carbons (Fsp3) is 0.400. The van der Waals surface area contributed by atoms with Gasteiger partial charge in [0, 0.05) is 18.0 Å². The van der Waals surface area contributed by atoms with E-state index in [-0.39, 0.29) is 6.10 Å². The monoisotopic (exact) mass is 353 g/mol. The topological polar surface area (TPSA) is 49.2 Å². The van der Waals surface area contributed by atoms with Gasteiger partial charge >= 0.3 is 0 Å². The van der Waals surface area contributed by atoms with Crippen LogP contribution in [0.5, 0.6) is 0 Å². The smallest absolute Gasteiger partial charge is 0.141 e. The zero-order valence-electron chi connectivity index (χ0n) is 14.6. The van der Waals surface area contributed by atoms with E-state index in [4.69, 9.17) is 0 Å². The van der Waals surface area contributed by atoms with Gasteiger partial charge in [-0.3, -0.25) is 0 Å². The second kappa shape index (κ2) is 6.73. The molecule has 1 fully saturated rings. The summed E-state index contributed by atoms with van der Waals surface area (Å²) in [7, 11) is 0. The van der Waals surface area contributed by atoms with Crippen molar-refractivity contribution in [2.45, 2.75) is 32.8 Å². The van der Waals surface area contributed by atoms with Crippen LogP contribution in [0.3, 0.4) is 0 Å². The third-order valence-corrected chi connectivity index (χ3v) is 6.49. The summed E-state index contributed by atoms with van der Waals surface area (Å²) in [6.45, 7) is 6.16. The van der Waals surface area contributed by atoms with Crippen LogP contribution in [0.2, 0.25) is 0 Å². The van der Waals surface area contributed by atoms with Gasteiger partial charge in [0.1, 0.15) is 17.0 Å². The maximum Gasteiger partial charge on any atom is 0.141 e. The third kappa shape index (κ3) is 3.02. The van der Waals surface area contributed by atoms with Gasteiger partial charge in [0.05, 0.1) is 11.5 Å². The molecule has 1 aliphatic heterocycles. The molecular weight excluding hydrogens is 330 g/mol. The number of nitrogens with zero attached hydrogens (tertiary/aromatic N) is 3. The summed E-state index contributed by atoms with van der Waals surface area (Å²) in [6, 6.07) is 10.0. The van der Waals surface area contributed by atoms with Gasteiger partial charge in [-0.25, -0.2) is 9.97 Å². The summed E-state index contributed by atoms with van der Waals surface area (Å²) in [5.74, 6) is 1.36. The van der Waals surface area contributed by atoms with E-state index in [2.05, 4.69) is 28.7 Å². The van der Waals surface area contributed by atoms with E-state index < -0.39 is 0 Å². The van der Waals surface area contributed by atoms with Crippen molar-refractivity contribution in [1.82, 2.24) is 9.97 Å². The van der Waals surface area contributed by atoms with E-state index in [0.29, 0.717) is 5.92 Å². The highest BCUT2D eigenvalue weighted by Crippen LogP contribution is 2.37. The van der Waals surface area contributed by atoms with Crippen LogP contribution in [0.1, 0.15) is 34.9 Å². The Kier molecular flexibility index (Phi) is 4.44. The minimum Gasteiger partial charge on any atom is -0.388 e. The Labute approximate surface area is 152 Å². The average Bonchev–Trinajstić information content (AvgIpc) is 2.96. The molecule has 0 amide bonds. The van der Waals surface area contributed by atoms with Crippen LogP contribution >= 0.6 is 11.3 Å². The average molecular weight is 353 g/mol. The van der Waals surface area contributed by atoms with E-state index >= 15 is 0 Å². The van der Waals surface area contributed by atoms with Gasteiger partial charge in [-0.05, 0) is 43.7 Å². The summed E-state index contributed by atoms with van der Waals surface area (Å²) < 4.78 is 0. The van der Waals surface area contributed by atoms with Gasteiger partial charge in [0.15, 0.2) is 0 Å². The number of aliphatic hydroxyl groups excluding tert-OH is 1. The molecule has 0 spiro atoms. The predicted octanol–water partition coefficient (Wildman–Crippen LogP) is 4.26. The molecule has 130 valence electrons. The van der Waals surface area contributed by atoms with Gasteiger partial charge in [-0.1, -0.05) is 30.3 Å². The molecule has 1 N–H and O–H groups in total. The van der Waals surface area contributed by atoms with Crippen LogP contribution in [-0.4, -0.2) is 28.2 Å². The highest BCUT2D eigenvalue weighted by molar-refractivity contribution is 7.18. The van der Waals surface area contributed by atoms with E-state index in [1.54, 1.807) is 17.7 Å². The molecule has 1 atom stereocenters. The lowest BCUT2D eigenvalue weighted by Gasteiger charge is -2.35. The molecule has 0 aliphatic carbocycles. The first-order chi connectivity index (χ1) is 12.1. The summed E-state index contributed by atoms with van der Waals surface area (Å²) in [5, 5.41) is 11.9. The fourth-order valence-corrected chi connectivity index (χ4v) is 4.74. The first-order valence-electron chi connectivity index (χ1n) is 8.84. The number of aryl methyl sites for hydroxylation is 2. The van der Waals surface area contributed by atoms with Gasteiger partial charge in [-0.2, -0.15) is 0 Å².